The van der Waals surface area contributed by atoms with E-state index in [0.29, 0.717) is 13.0 Å². The molecule has 9 heteroatoms. The third-order valence-electron chi connectivity index (χ3n) is 2.75. The van der Waals surface area contributed by atoms with Crippen LogP contribution in [0, 0.1) is 5.82 Å². The van der Waals surface area contributed by atoms with Gasteiger partial charge in [0.2, 0.25) is 10.0 Å². The van der Waals surface area contributed by atoms with Crippen molar-refractivity contribution in [2.75, 3.05) is 13.1 Å². The summed E-state index contributed by atoms with van der Waals surface area (Å²) < 4.78 is 39.2. The highest BCUT2D eigenvalue weighted by molar-refractivity contribution is 9.10. The van der Waals surface area contributed by atoms with E-state index in [9.17, 15) is 12.8 Å². The maximum Gasteiger partial charge on any atom is 0.245 e. The molecule has 2 rings (SSSR count). The first-order valence-electron chi connectivity index (χ1n) is 5.22. The lowest BCUT2D eigenvalue weighted by Gasteiger charge is -2.18. The van der Waals surface area contributed by atoms with Crippen LogP contribution in [0.2, 0.25) is 5.02 Å². The van der Waals surface area contributed by atoms with Gasteiger partial charge in [-0.05, 0) is 34.5 Å². The standard InChI is InChI=1S/C10H11BrClFN2O2S.ClH/c11-8-3-6(13)4-9(12)10(8)18(16,17)15-2-1-7(14)5-15;/h3-4,7H,1-2,5,14H2;1H/t7-;/m1./s1. The molecule has 1 fully saturated rings. The van der Waals surface area contributed by atoms with Crippen molar-refractivity contribution in [2.45, 2.75) is 17.4 Å². The Hall–Kier alpha value is 0.0800. The van der Waals surface area contributed by atoms with Crippen LogP contribution in [0.25, 0.3) is 0 Å². The van der Waals surface area contributed by atoms with Crippen LogP contribution >= 0.6 is 39.9 Å². The third-order valence-corrected chi connectivity index (χ3v) is 6.01. The zero-order valence-corrected chi connectivity index (χ0v) is 13.6. The van der Waals surface area contributed by atoms with Crippen LogP contribution in [0.5, 0.6) is 0 Å². The molecule has 0 amide bonds. The summed E-state index contributed by atoms with van der Waals surface area (Å²) in [5.74, 6) is -0.594. The predicted molar refractivity (Wildman–Crippen MR) is 77.7 cm³/mol. The zero-order valence-electron chi connectivity index (χ0n) is 9.64. The van der Waals surface area contributed by atoms with Crippen LogP contribution in [0.1, 0.15) is 6.42 Å². The van der Waals surface area contributed by atoms with Gasteiger partial charge in [-0.1, -0.05) is 11.6 Å². The normalized spacial score (nSPS) is 20.3. The first kappa shape index (κ1) is 17.1. The SMILES string of the molecule is Cl.N[C@@H]1CCN(S(=O)(=O)c2c(Cl)cc(F)cc2Br)C1. The summed E-state index contributed by atoms with van der Waals surface area (Å²) in [4.78, 5) is -0.111. The summed E-state index contributed by atoms with van der Waals surface area (Å²) in [6, 6.07) is 1.89. The van der Waals surface area contributed by atoms with Gasteiger partial charge in [0.15, 0.2) is 0 Å². The minimum Gasteiger partial charge on any atom is -0.326 e. The van der Waals surface area contributed by atoms with Crippen LogP contribution in [-0.4, -0.2) is 31.9 Å². The van der Waals surface area contributed by atoms with Crippen LogP contribution in [0.4, 0.5) is 4.39 Å². The van der Waals surface area contributed by atoms with E-state index in [1.165, 1.54) is 4.31 Å². The number of nitrogens with zero attached hydrogens (tertiary/aromatic N) is 1. The van der Waals surface area contributed by atoms with Gasteiger partial charge in [0.25, 0.3) is 0 Å². The first-order valence-corrected chi connectivity index (χ1v) is 7.83. The molecule has 0 aromatic heterocycles. The smallest absolute Gasteiger partial charge is 0.245 e. The van der Waals surface area contributed by atoms with E-state index in [1.54, 1.807) is 0 Å². The number of benzene rings is 1. The van der Waals surface area contributed by atoms with Crippen LogP contribution in [-0.2, 0) is 10.0 Å². The fraction of sp³-hybridized carbons (Fsp3) is 0.400. The fourth-order valence-corrected chi connectivity index (χ4v) is 5.14. The molecular formula is C10H12BrCl2FN2O2S. The predicted octanol–water partition coefficient (Wildman–Crippen LogP) is 2.39. The van der Waals surface area contributed by atoms with Crippen molar-refractivity contribution >= 4 is 50.0 Å². The number of hydrogen-bond acceptors (Lipinski definition) is 3. The van der Waals surface area contributed by atoms with Gasteiger partial charge in [0.05, 0.1) is 5.02 Å². The lowest BCUT2D eigenvalue weighted by molar-refractivity contribution is 0.472. The lowest BCUT2D eigenvalue weighted by Crippen LogP contribution is -2.32. The summed E-state index contributed by atoms with van der Waals surface area (Å²) in [7, 11) is -3.74. The summed E-state index contributed by atoms with van der Waals surface area (Å²) in [6.45, 7) is 0.603. The molecule has 108 valence electrons. The number of rotatable bonds is 2. The Bertz CT molecular complexity index is 562. The van der Waals surface area contributed by atoms with Crippen molar-refractivity contribution in [3.05, 3.63) is 27.4 Å². The van der Waals surface area contributed by atoms with Crippen molar-refractivity contribution in [1.82, 2.24) is 4.31 Å². The van der Waals surface area contributed by atoms with E-state index in [1.807, 2.05) is 0 Å². The van der Waals surface area contributed by atoms with E-state index in [4.69, 9.17) is 17.3 Å². The van der Waals surface area contributed by atoms with Gasteiger partial charge < -0.3 is 5.73 Å². The summed E-state index contributed by atoms with van der Waals surface area (Å²) in [5, 5.41) is -0.137. The molecule has 0 aliphatic carbocycles. The Balaban J connectivity index is 0.00000180. The minimum absolute atomic E-state index is 0. The van der Waals surface area contributed by atoms with Gasteiger partial charge in [0.1, 0.15) is 10.7 Å². The van der Waals surface area contributed by atoms with E-state index in [0.717, 1.165) is 12.1 Å². The molecule has 0 saturated carbocycles. The summed E-state index contributed by atoms with van der Waals surface area (Å²) in [5.41, 5.74) is 5.69. The molecule has 1 aromatic rings. The second kappa shape index (κ2) is 6.24. The molecule has 1 saturated heterocycles. The summed E-state index contributed by atoms with van der Waals surface area (Å²) in [6.07, 6.45) is 0.607. The Kier molecular flexibility index (Phi) is 5.62. The molecule has 1 aliphatic rings. The molecule has 1 heterocycles. The van der Waals surface area contributed by atoms with Crippen molar-refractivity contribution in [2.24, 2.45) is 5.73 Å². The quantitative estimate of drug-likeness (QED) is 0.838. The maximum absolute atomic E-state index is 13.1. The molecule has 1 aromatic carbocycles. The van der Waals surface area contributed by atoms with Gasteiger partial charge in [-0.3, -0.25) is 0 Å². The molecule has 1 atom stereocenters. The van der Waals surface area contributed by atoms with Crippen LogP contribution in [0.15, 0.2) is 21.5 Å². The van der Waals surface area contributed by atoms with Crippen molar-refractivity contribution < 1.29 is 12.8 Å². The first-order chi connectivity index (χ1) is 8.32. The highest BCUT2D eigenvalue weighted by atomic mass is 79.9. The lowest BCUT2D eigenvalue weighted by atomic mass is 10.3. The fourth-order valence-electron chi connectivity index (χ4n) is 1.88. The maximum atomic E-state index is 13.1. The monoisotopic (exact) mass is 392 g/mol. The highest BCUT2D eigenvalue weighted by Gasteiger charge is 2.34. The molecule has 2 N–H and O–H groups in total. The minimum atomic E-state index is -3.74. The number of nitrogens with two attached hydrogens (primary N) is 1. The van der Waals surface area contributed by atoms with Crippen molar-refractivity contribution in [3.8, 4) is 0 Å². The average molecular weight is 394 g/mol. The molecule has 0 unspecified atom stereocenters. The Morgan fingerprint density at radius 1 is 1.47 bits per heavy atom. The van der Waals surface area contributed by atoms with Gasteiger partial charge in [-0.2, -0.15) is 4.31 Å². The Morgan fingerprint density at radius 2 is 2.11 bits per heavy atom. The molecule has 4 nitrogen and oxygen atoms in total. The van der Waals surface area contributed by atoms with Gasteiger partial charge in [-0.25, -0.2) is 12.8 Å². The van der Waals surface area contributed by atoms with Gasteiger partial charge in [-0.15, -0.1) is 12.4 Å². The average Bonchev–Trinajstić information content (AvgIpc) is 2.63. The van der Waals surface area contributed by atoms with Crippen molar-refractivity contribution in [3.63, 3.8) is 0 Å². The second-order valence-electron chi connectivity index (χ2n) is 4.11. The highest BCUT2D eigenvalue weighted by Crippen LogP contribution is 2.33. The van der Waals surface area contributed by atoms with Crippen LogP contribution < -0.4 is 5.73 Å². The summed E-state index contributed by atoms with van der Waals surface area (Å²) >= 11 is 8.86. The Labute approximate surface area is 130 Å². The molecule has 0 radical (unpaired) electrons. The Morgan fingerprint density at radius 3 is 2.58 bits per heavy atom. The third kappa shape index (κ3) is 3.40. The van der Waals surface area contributed by atoms with Crippen molar-refractivity contribution in [1.29, 1.82) is 0 Å². The van der Waals surface area contributed by atoms with E-state index in [-0.39, 0.29) is 39.4 Å². The molecule has 0 bridgehead atoms. The number of halogens is 4. The largest absolute Gasteiger partial charge is 0.326 e. The zero-order chi connectivity index (χ0) is 13.5. The molecule has 1 aliphatic heterocycles. The van der Waals surface area contributed by atoms with Gasteiger partial charge >= 0.3 is 0 Å². The van der Waals surface area contributed by atoms with Crippen LogP contribution in [0.3, 0.4) is 0 Å². The number of hydrogen-bond donors (Lipinski definition) is 1. The molecule has 0 spiro atoms. The van der Waals surface area contributed by atoms with Gasteiger partial charge in [0, 0.05) is 23.6 Å². The number of sulfonamides is 1. The van der Waals surface area contributed by atoms with E-state index >= 15 is 0 Å². The molecule has 19 heavy (non-hydrogen) atoms. The second-order valence-corrected chi connectivity index (χ2v) is 7.25. The van der Waals surface area contributed by atoms with E-state index in [2.05, 4.69) is 15.9 Å². The topological polar surface area (TPSA) is 63.4 Å². The van der Waals surface area contributed by atoms with E-state index < -0.39 is 15.8 Å². The molecular weight excluding hydrogens is 382 g/mol.